The van der Waals surface area contributed by atoms with Gasteiger partial charge < -0.3 is 14.9 Å². The molecule has 0 bridgehead atoms. The zero-order valence-corrected chi connectivity index (χ0v) is 10.1. The van der Waals surface area contributed by atoms with Crippen molar-refractivity contribution in [2.75, 3.05) is 6.61 Å². The van der Waals surface area contributed by atoms with E-state index in [1.807, 2.05) is 11.1 Å². The smallest absolute Gasteiger partial charge is 0.330 e. The number of aromatic nitrogens is 2. The molecule has 0 amide bonds. The molecule has 1 aromatic rings. The summed E-state index contributed by atoms with van der Waals surface area (Å²) in [6.45, 7) is 0.947. The molecule has 102 valence electrons. The maximum absolute atomic E-state index is 11.7. The Morgan fingerprint density at radius 3 is 2.84 bits per heavy atom. The monoisotopic (exact) mass is 267 g/mol. The van der Waals surface area contributed by atoms with Gasteiger partial charge in [-0.3, -0.25) is 14.3 Å². The summed E-state index contributed by atoms with van der Waals surface area (Å²) in [7, 11) is 0. The molecule has 0 aliphatic carbocycles. The molecule has 2 heterocycles. The van der Waals surface area contributed by atoms with Crippen LogP contribution in [0.15, 0.2) is 21.9 Å². The Hall–Kier alpha value is -1.95. The van der Waals surface area contributed by atoms with Crippen molar-refractivity contribution >= 4 is 0 Å². The molecule has 1 aliphatic heterocycles. The van der Waals surface area contributed by atoms with Crippen molar-refractivity contribution in [1.29, 1.82) is 5.26 Å². The van der Waals surface area contributed by atoms with Gasteiger partial charge in [0, 0.05) is 12.3 Å². The van der Waals surface area contributed by atoms with Gasteiger partial charge in [-0.05, 0) is 6.92 Å². The lowest BCUT2D eigenvalue weighted by molar-refractivity contribution is -0.0503. The molecule has 8 heteroatoms. The first kappa shape index (κ1) is 13.5. The Morgan fingerprint density at radius 1 is 1.63 bits per heavy atom. The molecule has 1 aliphatic rings. The molecular weight excluding hydrogens is 254 g/mol. The molecule has 0 radical (unpaired) electrons. The van der Waals surface area contributed by atoms with E-state index in [1.165, 1.54) is 13.1 Å². The van der Waals surface area contributed by atoms with Crippen molar-refractivity contribution in [3.63, 3.8) is 0 Å². The van der Waals surface area contributed by atoms with E-state index in [0.717, 1.165) is 10.6 Å². The van der Waals surface area contributed by atoms with Crippen LogP contribution < -0.4 is 11.2 Å². The number of nitrogens with zero attached hydrogens (tertiary/aromatic N) is 2. The van der Waals surface area contributed by atoms with Crippen LogP contribution in [0.4, 0.5) is 0 Å². The first-order valence-electron chi connectivity index (χ1n) is 5.61. The van der Waals surface area contributed by atoms with E-state index in [4.69, 9.17) is 9.84 Å². The normalized spacial score (nSPS) is 34.1. The van der Waals surface area contributed by atoms with Crippen molar-refractivity contribution in [1.82, 2.24) is 9.55 Å². The highest BCUT2D eigenvalue weighted by atomic mass is 16.5. The third kappa shape index (κ3) is 1.98. The molecule has 1 saturated heterocycles. The molecular formula is C11H13N3O5. The zero-order chi connectivity index (χ0) is 14.2. The van der Waals surface area contributed by atoms with Crippen molar-refractivity contribution in [2.45, 2.75) is 25.4 Å². The number of nitriles is 1. The molecule has 0 spiro atoms. The van der Waals surface area contributed by atoms with Crippen LogP contribution in [0.1, 0.15) is 13.2 Å². The third-order valence-corrected chi connectivity index (χ3v) is 3.31. The van der Waals surface area contributed by atoms with Crippen LogP contribution in [0.25, 0.3) is 0 Å². The Morgan fingerprint density at radius 2 is 2.32 bits per heavy atom. The summed E-state index contributed by atoms with van der Waals surface area (Å²) in [6.07, 6.45) is -2.11. The quantitative estimate of drug-likeness (QED) is 0.587. The Labute approximate surface area is 107 Å². The van der Waals surface area contributed by atoms with Gasteiger partial charge in [0.25, 0.3) is 5.56 Å². The average molecular weight is 267 g/mol. The van der Waals surface area contributed by atoms with Crippen LogP contribution in [0.3, 0.4) is 0 Å². The van der Waals surface area contributed by atoms with Gasteiger partial charge in [-0.15, -0.1) is 0 Å². The summed E-state index contributed by atoms with van der Waals surface area (Å²) in [5.74, 6) is 0. The SMILES string of the molecule is C[C@@]1(C#N)[C@H](O)[C@@H](CO)O[C@H]1n1ccc(=O)[nH]c1=O. The number of nitrogens with one attached hydrogen (secondary N) is 1. The Kier molecular flexibility index (Phi) is 3.28. The average Bonchev–Trinajstić information content (AvgIpc) is 2.63. The fourth-order valence-electron chi connectivity index (χ4n) is 2.14. The fourth-order valence-corrected chi connectivity index (χ4v) is 2.14. The van der Waals surface area contributed by atoms with Crippen molar-refractivity contribution in [3.8, 4) is 6.07 Å². The lowest BCUT2D eigenvalue weighted by atomic mass is 9.84. The van der Waals surface area contributed by atoms with Crippen molar-refractivity contribution < 1.29 is 14.9 Å². The molecule has 0 unspecified atom stereocenters. The molecule has 0 aromatic carbocycles. The van der Waals surface area contributed by atoms with Crippen LogP contribution in [-0.2, 0) is 4.74 Å². The number of H-pyrrole nitrogens is 1. The van der Waals surface area contributed by atoms with Gasteiger partial charge >= 0.3 is 5.69 Å². The number of aliphatic hydroxyl groups is 2. The van der Waals surface area contributed by atoms with E-state index < -0.39 is 41.7 Å². The maximum Gasteiger partial charge on any atom is 0.330 e. The minimum absolute atomic E-state index is 0.479. The lowest BCUT2D eigenvalue weighted by Gasteiger charge is -2.25. The highest BCUT2D eigenvalue weighted by Crippen LogP contribution is 2.43. The van der Waals surface area contributed by atoms with E-state index in [1.54, 1.807) is 0 Å². The molecule has 8 nitrogen and oxygen atoms in total. The number of ether oxygens (including phenoxy) is 1. The summed E-state index contributed by atoms with van der Waals surface area (Å²) in [5, 5.41) is 28.3. The van der Waals surface area contributed by atoms with Gasteiger partial charge in [-0.1, -0.05) is 0 Å². The minimum atomic E-state index is -1.41. The van der Waals surface area contributed by atoms with Crippen molar-refractivity contribution in [2.24, 2.45) is 5.41 Å². The van der Waals surface area contributed by atoms with Crippen molar-refractivity contribution in [3.05, 3.63) is 33.1 Å². The third-order valence-electron chi connectivity index (χ3n) is 3.31. The van der Waals surface area contributed by atoms with Gasteiger partial charge in [0.2, 0.25) is 0 Å². The maximum atomic E-state index is 11.7. The first-order chi connectivity index (χ1) is 8.93. The fraction of sp³-hybridized carbons (Fsp3) is 0.545. The lowest BCUT2D eigenvalue weighted by Crippen LogP contribution is -2.40. The van der Waals surface area contributed by atoms with Gasteiger partial charge in [0.1, 0.15) is 17.6 Å². The Balaban J connectivity index is 2.52. The van der Waals surface area contributed by atoms with Gasteiger partial charge in [0.15, 0.2) is 6.23 Å². The standard InChI is InChI=1S/C11H13N3O5/c1-11(5-12)8(17)6(4-15)19-9(11)14-3-2-7(16)13-10(14)18/h2-3,6,8-9,15,17H,4H2,1H3,(H,13,16,18)/t6-,8-,9-,11-/m1/s1. The highest BCUT2D eigenvalue weighted by Gasteiger charge is 2.54. The molecule has 1 fully saturated rings. The Bertz CT molecular complexity index is 630. The summed E-state index contributed by atoms with van der Waals surface area (Å²) in [6, 6.07) is 3.02. The number of aromatic amines is 1. The number of rotatable bonds is 2. The highest BCUT2D eigenvalue weighted by molar-refractivity contribution is 5.11. The van der Waals surface area contributed by atoms with Gasteiger partial charge in [-0.25, -0.2) is 4.79 Å². The zero-order valence-electron chi connectivity index (χ0n) is 10.1. The first-order valence-corrected chi connectivity index (χ1v) is 5.61. The summed E-state index contributed by atoms with van der Waals surface area (Å²) in [5.41, 5.74) is -2.72. The van der Waals surface area contributed by atoms with Crippen LogP contribution in [0.2, 0.25) is 0 Å². The predicted molar refractivity (Wildman–Crippen MR) is 62.0 cm³/mol. The van der Waals surface area contributed by atoms with E-state index >= 15 is 0 Å². The van der Waals surface area contributed by atoms with Gasteiger partial charge in [0.05, 0.1) is 12.7 Å². The van der Waals surface area contributed by atoms with Crippen LogP contribution in [0, 0.1) is 16.7 Å². The molecule has 19 heavy (non-hydrogen) atoms. The summed E-state index contributed by atoms with van der Waals surface area (Å²) in [4.78, 5) is 24.8. The second-order valence-electron chi connectivity index (χ2n) is 4.57. The van der Waals surface area contributed by atoms with E-state index in [-0.39, 0.29) is 0 Å². The number of hydrogen-bond acceptors (Lipinski definition) is 6. The van der Waals surface area contributed by atoms with E-state index in [2.05, 4.69) is 0 Å². The number of hydrogen-bond donors (Lipinski definition) is 3. The van der Waals surface area contributed by atoms with Crippen LogP contribution in [0.5, 0.6) is 0 Å². The van der Waals surface area contributed by atoms with E-state index in [0.29, 0.717) is 0 Å². The van der Waals surface area contributed by atoms with E-state index in [9.17, 15) is 20.0 Å². The molecule has 3 N–H and O–H groups in total. The molecule has 0 saturated carbocycles. The molecule has 1 aromatic heterocycles. The predicted octanol–water partition coefficient (Wildman–Crippen LogP) is -1.68. The molecule has 4 atom stereocenters. The number of aliphatic hydroxyl groups excluding tert-OH is 2. The van der Waals surface area contributed by atoms with Crippen LogP contribution in [-0.4, -0.2) is 38.6 Å². The van der Waals surface area contributed by atoms with Gasteiger partial charge in [-0.2, -0.15) is 5.26 Å². The van der Waals surface area contributed by atoms with Crippen LogP contribution >= 0.6 is 0 Å². The summed E-state index contributed by atoms with van der Waals surface area (Å²) < 4.78 is 6.37. The molecule has 2 rings (SSSR count). The largest absolute Gasteiger partial charge is 0.394 e. The second-order valence-corrected chi connectivity index (χ2v) is 4.57. The topological polar surface area (TPSA) is 128 Å². The second kappa shape index (κ2) is 4.62. The minimum Gasteiger partial charge on any atom is -0.394 e. The summed E-state index contributed by atoms with van der Waals surface area (Å²) >= 11 is 0.